The number of imide groups is 1. The highest BCUT2D eigenvalue weighted by atomic mass is 16.4. The minimum absolute atomic E-state index is 0.139. The number of aromatic carboxylic acids is 1. The number of carboxylic acids is 1. The number of benzene rings is 1. The van der Waals surface area contributed by atoms with E-state index >= 15 is 0 Å². The molecule has 21 heavy (non-hydrogen) atoms. The van der Waals surface area contributed by atoms with Crippen molar-refractivity contribution < 1.29 is 19.5 Å². The highest BCUT2D eigenvalue weighted by Crippen LogP contribution is 2.53. The second kappa shape index (κ2) is 4.04. The van der Waals surface area contributed by atoms with Crippen molar-refractivity contribution in [3.63, 3.8) is 0 Å². The maximum absolute atomic E-state index is 12.6. The third kappa shape index (κ3) is 1.54. The molecule has 1 aromatic carbocycles. The van der Waals surface area contributed by atoms with E-state index in [1.165, 1.54) is 29.2 Å². The third-order valence-electron chi connectivity index (χ3n) is 4.84. The summed E-state index contributed by atoms with van der Waals surface area (Å²) in [5.41, 5.74) is 0.601. The van der Waals surface area contributed by atoms with Crippen LogP contribution >= 0.6 is 0 Å². The van der Waals surface area contributed by atoms with Gasteiger partial charge in [0.15, 0.2) is 0 Å². The molecule has 5 heteroatoms. The Kier molecular flexibility index (Phi) is 2.37. The Morgan fingerprint density at radius 2 is 1.52 bits per heavy atom. The molecule has 1 aliphatic heterocycles. The third-order valence-corrected chi connectivity index (χ3v) is 4.84. The van der Waals surface area contributed by atoms with Gasteiger partial charge in [-0.2, -0.15) is 0 Å². The van der Waals surface area contributed by atoms with Crippen LogP contribution in [0.5, 0.6) is 0 Å². The molecule has 1 heterocycles. The van der Waals surface area contributed by atoms with Gasteiger partial charge in [0.05, 0.1) is 23.1 Å². The van der Waals surface area contributed by atoms with Crippen molar-refractivity contribution >= 4 is 23.5 Å². The number of carbonyl (C=O) groups is 3. The van der Waals surface area contributed by atoms with E-state index in [0.717, 1.165) is 6.42 Å². The molecule has 2 amide bonds. The largest absolute Gasteiger partial charge is 0.478 e. The van der Waals surface area contributed by atoms with Crippen LogP contribution in [0, 0.1) is 23.7 Å². The summed E-state index contributed by atoms with van der Waals surface area (Å²) in [6.45, 7) is 0. The van der Waals surface area contributed by atoms with Crippen LogP contribution in [0.25, 0.3) is 0 Å². The predicted molar refractivity (Wildman–Crippen MR) is 73.6 cm³/mol. The molecule has 2 bridgehead atoms. The molecule has 1 N–H and O–H groups in total. The molecule has 0 radical (unpaired) electrons. The van der Waals surface area contributed by atoms with Gasteiger partial charge >= 0.3 is 5.97 Å². The number of hydrogen-bond acceptors (Lipinski definition) is 3. The van der Waals surface area contributed by atoms with E-state index in [2.05, 4.69) is 0 Å². The van der Waals surface area contributed by atoms with Crippen LogP contribution in [0.15, 0.2) is 36.4 Å². The topological polar surface area (TPSA) is 74.7 Å². The molecule has 1 saturated heterocycles. The van der Waals surface area contributed by atoms with Crippen LogP contribution in [-0.4, -0.2) is 22.9 Å². The molecule has 4 atom stereocenters. The molecule has 2 fully saturated rings. The predicted octanol–water partition coefficient (Wildman–Crippen LogP) is 1.70. The summed E-state index contributed by atoms with van der Waals surface area (Å²) in [4.78, 5) is 37.2. The number of nitrogens with zero attached hydrogens (tertiary/aromatic N) is 1. The molecule has 3 aliphatic rings. The van der Waals surface area contributed by atoms with E-state index < -0.39 is 5.97 Å². The fraction of sp³-hybridized carbons (Fsp3) is 0.312. The van der Waals surface area contributed by atoms with Crippen molar-refractivity contribution in [1.29, 1.82) is 0 Å². The zero-order valence-electron chi connectivity index (χ0n) is 11.1. The number of carboxylic acid groups (broad SMARTS) is 1. The lowest BCUT2D eigenvalue weighted by Crippen LogP contribution is -2.32. The molecule has 1 aromatic rings. The molecular formula is C16H13NO4. The average Bonchev–Trinajstić information content (AvgIpc) is 3.13. The first-order valence-corrected chi connectivity index (χ1v) is 6.97. The zero-order valence-corrected chi connectivity index (χ0v) is 11.1. The summed E-state index contributed by atoms with van der Waals surface area (Å²) in [5.74, 6) is -1.42. The normalized spacial score (nSPS) is 32.9. The van der Waals surface area contributed by atoms with E-state index in [9.17, 15) is 14.4 Å². The summed E-state index contributed by atoms with van der Waals surface area (Å²) < 4.78 is 0. The summed E-state index contributed by atoms with van der Waals surface area (Å²) >= 11 is 0. The first kappa shape index (κ1) is 12.3. The van der Waals surface area contributed by atoms with Crippen molar-refractivity contribution in [2.45, 2.75) is 6.42 Å². The van der Waals surface area contributed by atoms with Crippen molar-refractivity contribution in [3.05, 3.63) is 42.0 Å². The molecule has 2 unspecified atom stereocenters. The fourth-order valence-corrected chi connectivity index (χ4v) is 3.91. The lowest BCUT2D eigenvalue weighted by molar-refractivity contribution is -0.123. The number of hydrogen-bond donors (Lipinski definition) is 1. The van der Waals surface area contributed by atoms with Gasteiger partial charge in [-0.15, -0.1) is 0 Å². The van der Waals surface area contributed by atoms with Crippen LogP contribution in [-0.2, 0) is 9.59 Å². The molecule has 106 valence electrons. The lowest BCUT2D eigenvalue weighted by Gasteiger charge is -2.17. The molecule has 0 spiro atoms. The SMILES string of the molecule is O=C(O)c1ccc(N2C(=O)[C@@H]3C4C=CC(C4)[C@@H]3C2=O)cc1. The van der Waals surface area contributed by atoms with Crippen molar-refractivity contribution in [2.24, 2.45) is 23.7 Å². The Morgan fingerprint density at radius 3 is 2.00 bits per heavy atom. The van der Waals surface area contributed by atoms with Crippen LogP contribution in [0.1, 0.15) is 16.8 Å². The minimum Gasteiger partial charge on any atom is -0.478 e. The van der Waals surface area contributed by atoms with Gasteiger partial charge < -0.3 is 5.11 Å². The zero-order chi connectivity index (χ0) is 14.7. The van der Waals surface area contributed by atoms with E-state index in [1.54, 1.807) is 0 Å². The maximum Gasteiger partial charge on any atom is 0.335 e. The summed E-state index contributed by atoms with van der Waals surface area (Å²) in [6, 6.07) is 5.88. The molecule has 4 rings (SSSR count). The quantitative estimate of drug-likeness (QED) is 0.662. The highest BCUT2D eigenvalue weighted by molar-refractivity contribution is 6.22. The summed E-state index contributed by atoms with van der Waals surface area (Å²) in [6.07, 6.45) is 5.00. The van der Waals surface area contributed by atoms with Crippen LogP contribution in [0.2, 0.25) is 0 Å². The van der Waals surface area contributed by atoms with Gasteiger partial charge in [0.1, 0.15) is 0 Å². The number of anilines is 1. The smallest absolute Gasteiger partial charge is 0.335 e. The fourth-order valence-electron chi connectivity index (χ4n) is 3.91. The van der Waals surface area contributed by atoms with E-state index in [0.29, 0.717) is 5.69 Å². The van der Waals surface area contributed by atoms with Gasteiger partial charge in [-0.3, -0.25) is 14.5 Å². The lowest BCUT2D eigenvalue weighted by atomic mass is 9.85. The molecule has 2 aliphatic carbocycles. The minimum atomic E-state index is -1.03. The van der Waals surface area contributed by atoms with Gasteiger partial charge in [0, 0.05) is 0 Å². The van der Waals surface area contributed by atoms with E-state index in [-0.39, 0.29) is 41.0 Å². The second-order valence-electron chi connectivity index (χ2n) is 5.86. The van der Waals surface area contributed by atoms with Crippen LogP contribution in [0.3, 0.4) is 0 Å². The number of carbonyl (C=O) groups excluding carboxylic acids is 2. The Hall–Kier alpha value is -2.43. The van der Waals surface area contributed by atoms with Crippen molar-refractivity contribution in [2.75, 3.05) is 4.90 Å². The molecule has 5 nitrogen and oxygen atoms in total. The second-order valence-corrected chi connectivity index (χ2v) is 5.86. The van der Waals surface area contributed by atoms with Crippen molar-refractivity contribution in [3.8, 4) is 0 Å². The Balaban J connectivity index is 1.69. The number of allylic oxidation sites excluding steroid dienone is 2. The molecular weight excluding hydrogens is 270 g/mol. The Labute approximate surface area is 120 Å². The number of fused-ring (bicyclic) bond motifs is 5. The standard InChI is InChI=1S/C16H13NO4/c18-14-12-9-1-2-10(7-9)13(12)15(19)17(14)11-5-3-8(4-6-11)16(20)21/h1-6,9-10,12-13H,7H2,(H,20,21)/t9?,10?,12-,13+. The van der Waals surface area contributed by atoms with Crippen molar-refractivity contribution in [1.82, 2.24) is 0 Å². The van der Waals surface area contributed by atoms with Gasteiger partial charge in [-0.1, -0.05) is 12.2 Å². The number of rotatable bonds is 2. The Morgan fingerprint density at radius 1 is 1.00 bits per heavy atom. The molecule has 0 aromatic heterocycles. The van der Waals surface area contributed by atoms with Gasteiger partial charge in [-0.05, 0) is 42.5 Å². The highest BCUT2D eigenvalue weighted by Gasteiger charge is 2.59. The van der Waals surface area contributed by atoms with Crippen LogP contribution < -0.4 is 4.90 Å². The average molecular weight is 283 g/mol. The first-order valence-electron chi connectivity index (χ1n) is 6.97. The molecule has 1 saturated carbocycles. The summed E-state index contributed by atoms with van der Waals surface area (Å²) in [5, 5.41) is 8.90. The van der Waals surface area contributed by atoms with Gasteiger partial charge in [-0.25, -0.2) is 4.79 Å². The van der Waals surface area contributed by atoms with E-state index in [1.807, 2.05) is 12.2 Å². The Bertz CT molecular complexity index is 661. The number of amides is 2. The monoisotopic (exact) mass is 283 g/mol. The van der Waals surface area contributed by atoms with Gasteiger partial charge in [0.25, 0.3) is 0 Å². The maximum atomic E-state index is 12.6. The summed E-state index contributed by atoms with van der Waals surface area (Å²) in [7, 11) is 0. The van der Waals surface area contributed by atoms with E-state index in [4.69, 9.17) is 5.11 Å². The van der Waals surface area contributed by atoms with Crippen LogP contribution in [0.4, 0.5) is 5.69 Å². The van der Waals surface area contributed by atoms with Gasteiger partial charge in [0.2, 0.25) is 11.8 Å². The first-order chi connectivity index (χ1) is 10.1.